The summed E-state index contributed by atoms with van der Waals surface area (Å²) < 4.78 is 0. The molecule has 98 valence electrons. The second kappa shape index (κ2) is 6.89. The van der Waals surface area contributed by atoms with Gasteiger partial charge in [-0.05, 0) is 37.8 Å². The fourth-order valence-corrected chi connectivity index (χ4v) is 3.44. The molecule has 1 aliphatic carbocycles. The lowest BCUT2D eigenvalue weighted by molar-refractivity contribution is 0.481. The molecule has 1 fully saturated rings. The van der Waals surface area contributed by atoms with Gasteiger partial charge in [0.1, 0.15) is 0 Å². The van der Waals surface area contributed by atoms with Crippen molar-refractivity contribution >= 4 is 17.4 Å². The van der Waals surface area contributed by atoms with Gasteiger partial charge in [0.05, 0.1) is 0 Å². The van der Waals surface area contributed by atoms with Crippen molar-refractivity contribution in [3.05, 3.63) is 36.9 Å². The van der Waals surface area contributed by atoms with Crippen LogP contribution in [-0.4, -0.2) is 11.8 Å². The SMILES string of the molecule is C=CCSc1ccccc1NC(C)C1CCCC1. The van der Waals surface area contributed by atoms with E-state index in [1.165, 1.54) is 36.3 Å². The second-order valence-corrected chi connectivity index (χ2v) is 6.14. The maximum Gasteiger partial charge on any atom is 0.0480 e. The summed E-state index contributed by atoms with van der Waals surface area (Å²) in [5.74, 6) is 1.82. The second-order valence-electron chi connectivity index (χ2n) is 5.07. The van der Waals surface area contributed by atoms with Crippen molar-refractivity contribution in [3.8, 4) is 0 Å². The molecule has 0 aliphatic heterocycles. The molecule has 1 N–H and O–H groups in total. The number of para-hydroxylation sites is 1. The normalized spacial score (nSPS) is 17.6. The van der Waals surface area contributed by atoms with Crippen LogP contribution in [-0.2, 0) is 0 Å². The summed E-state index contributed by atoms with van der Waals surface area (Å²) in [4.78, 5) is 1.34. The first kappa shape index (κ1) is 13.5. The number of hydrogen-bond donors (Lipinski definition) is 1. The highest BCUT2D eigenvalue weighted by Gasteiger charge is 2.21. The van der Waals surface area contributed by atoms with E-state index in [2.05, 4.69) is 43.1 Å². The first-order valence-electron chi connectivity index (χ1n) is 6.90. The molecule has 1 nitrogen and oxygen atoms in total. The molecule has 1 unspecified atom stereocenters. The van der Waals surface area contributed by atoms with Crippen molar-refractivity contribution in [2.75, 3.05) is 11.1 Å². The zero-order valence-corrected chi connectivity index (χ0v) is 12.0. The maximum absolute atomic E-state index is 3.79. The third-order valence-electron chi connectivity index (χ3n) is 3.73. The smallest absolute Gasteiger partial charge is 0.0480 e. The van der Waals surface area contributed by atoms with Gasteiger partial charge in [0.25, 0.3) is 0 Å². The van der Waals surface area contributed by atoms with Crippen LogP contribution < -0.4 is 5.32 Å². The Morgan fingerprint density at radius 3 is 2.83 bits per heavy atom. The van der Waals surface area contributed by atoms with Gasteiger partial charge in [-0.15, -0.1) is 18.3 Å². The Morgan fingerprint density at radius 1 is 1.39 bits per heavy atom. The number of rotatable bonds is 6. The molecule has 0 aromatic heterocycles. The number of nitrogens with one attached hydrogen (secondary N) is 1. The predicted octanol–water partition coefficient (Wildman–Crippen LogP) is 4.96. The number of thioether (sulfide) groups is 1. The van der Waals surface area contributed by atoms with E-state index in [9.17, 15) is 0 Å². The Morgan fingerprint density at radius 2 is 2.11 bits per heavy atom. The largest absolute Gasteiger partial charge is 0.381 e. The van der Waals surface area contributed by atoms with Crippen LogP contribution in [0.4, 0.5) is 5.69 Å². The van der Waals surface area contributed by atoms with E-state index in [-0.39, 0.29) is 0 Å². The zero-order chi connectivity index (χ0) is 12.8. The lowest BCUT2D eigenvalue weighted by Gasteiger charge is -2.23. The highest BCUT2D eigenvalue weighted by Crippen LogP contribution is 2.32. The van der Waals surface area contributed by atoms with Crippen LogP contribution in [0.3, 0.4) is 0 Å². The summed E-state index contributed by atoms with van der Waals surface area (Å²) >= 11 is 1.85. The van der Waals surface area contributed by atoms with Gasteiger partial charge in [-0.25, -0.2) is 0 Å². The fourth-order valence-electron chi connectivity index (χ4n) is 2.68. The van der Waals surface area contributed by atoms with Crippen molar-refractivity contribution in [3.63, 3.8) is 0 Å². The molecule has 1 aliphatic rings. The van der Waals surface area contributed by atoms with E-state index in [0.29, 0.717) is 6.04 Å². The van der Waals surface area contributed by atoms with Gasteiger partial charge < -0.3 is 5.32 Å². The molecule has 0 amide bonds. The molecule has 18 heavy (non-hydrogen) atoms. The highest BCUT2D eigenvalue weighted by atomic mass is 32.2. The lowest BCUT2D eigenvalue weighted by Crippen LogP contribution is -2.24. The quantitative estimate of drug-likeness (QED) is 0.574. The minimum Gasteiger partial charge on any atom is -0.381 e. The third kappa shape index (κ3) is 3.55. The molecule has 0 radical (unpaired) electrons. The van der Waals surface area contributed by atoms with Crippen LogP contribution in [0, 0.1) is 5.92 Å². The monoisotopic (exact) mass is 261 g/mol. The minimum atomic E-state index is 0.581. The van der Waals surface area contributed by atoms with E-state index in [0.717, 1.165) is 11.7 Å². The average molecular weight is 261 g/mol. The van der Waals surface area contributed by atoms with Gasteiger partial charge in [-0.3, -0.25) is 0 Å². The van der Waals surface area contributed by atoms with E-state index >= 15 is 0 Å². The number of anilines is 1. The Balaban J connectivity index is 2.00. The molecule has 1 atom stereocenters. The standard InChI is InChI=1S/C16H23NS/c1-3-12-18-16-11-7-6-10-15(16)17-13(2)14-8-4-5-9-14/h3,6-7,10-11,13-14,17H,1,4-5,8-9,12H2,2H3. The molecular weight excluding hydrogens is 238 g/mol. The van der Waals surface area contributed by atoms with Gasteiger partial charge in [0.15, 0.2) is 0 Å². The van der Waals surface area contributed by atoms with Gasteiger partial charge in [0, 0.05) is 22.4 Å². The van der Waals surface area contributed by atoms with Crippen LogP contribution in [0.2, 0.25) is 0 Å². The van der Waals surface area contributed by atoms with Crippen molar-refractivity contribution in [2.24, 2.45) is 5.92 Å². The number of benzene rings is 1. The van der Waals surface area contributed by atoms with Gasteiger partial charge >= 0.3 is 0 Å². The molecule has 2 heteroatoms. The molecule has 1 aromatic rings. The first-order chi connectivity index (χ1) is 8.81. The zero-order valence-electron chi connectivity index (χ0n) is 11.2. The van der Waals surface area contributed by atoms with Crippen molar-refractivity contribution in [1.29, 1.82) is 0 Å². The average Bonchev–Trinajstić information content (AvgIpc) is 2.91. The summed E-state index contributed by atoms with van der Waals surface area (Å²) in [5, 5.41) is 3.71. The van der Waals surface area contributed by atoms with Crippen LogP contribution in [0.15, 0.2) is 41.8 Å². The summed E-state index contributed by atoms with van der Waals surface area (Å²) in [6, 6.07) is 9.19. The number of hydrogen-bond acceptors (Lipinski definition) is 2. The lowest BCUT2D eigenvalue weighted by atomic mass is 9.99. The molecular formula is C16H23NS. The van der Waals surface area contributed by atoms with Crippen LogP contribution in [0.25, 0.3) is 0 Å². The van der Waals surface area contributed by atoms with Gasteiger partial charge in [-0.1, -0.05) is 31.1 Å². The van der Waals surface area contributed by atoms with Crippen LogP contribution in [0.1, 0.15) is 32.6 Å². The van der Waals surface area contributed by atoms with E-state index < -0.39 is 0 Å². The van der Waals surface area contributed by atoms with Gasteiger partial charge in [0.2, 0.25) is 0 Å². The molecule has 2 rings (SSSR count). The van der Waals surface area contributed by atoms with Crippen molar-refractivity contribution < 1.29 is 0 Å². The maximum atomic E-state index is 3.79. The summed E-state index contributed by atoms with van der Waals surface area (Å²) in [6.45, 7) is 6.11. The van der Waals surface area contributed by atoms with Crippen molar-refractivity contribution in [2.45, 2.75) is 43.5 Å². The fraction of sp³-hybridized carbons (Fsp3) is 0.500. The molecule has 0 heterocycles. The van der Waals surface area contributed by atoms with Crippen molar-refractivity contribution in [1.82, 2.24) is 0 Å². The highest BCUT2D eigenvalue weighted by molar-refractivity contribution is 7.99. The Bertz CT molecular complexity index is 382. The third-order valence-corrected chi connectivity index (χ3v) is 4.80. The summed E-state index contributed by atoms with van der Waals surface area (Å²) in [6.07, 6.45) is 7.54. The molecule has 1 saturated carbocycles. The minimum absolute atomic E-state index is 0.581. The predicted molar refractivity (Wildman–Crippen MR) is 82.4 cm³/mol. The van der Waals surface area contributed by atoms with E-state index in [4.69, 9.17) is 0 Å². The van der Waals surface area contributed by atoms with Crippen LogP contribution in [0.5, 0.6) is 0 Å². The van der Waals surface area contributed by atoms with E-state index in [1.807, 2.05) is 17.8 Å². The first-order valence-corrected chi connectivity index (χ1v) is 7.89. The van der Waals surface area contributed by atoms with Crippen LogP contribution >= 0.6 is 11.8 Å². The molecule has 0 bridgehead atoms. The Labute approximate surface area is 115 Å². The molecule has 0 saturated heterocycles. The van der Waals surface area contributed by atoms with Gasteiger partial charge in [-0.2, -0.15) is 0 Å². The Hall–Kier alpha value is -0.890. The Kier molecular flexibility index (Phi) is 5.18. The summed E-state index contributed by atoms with van der Waals surface area (Å²) in [7, 11) is 0. The topological polar surface area (TPSA) is 12.0 Å². The van der Waals surface area contributed by atoms with E-state index in [1.54, 1.807) is 0 Å². The summed E-state index contributed by atoms with van der Waals surface area (Å²) in [5.41, 5.74) is 1.28. The molecule has 1 aromatic carbocycles. The molecule has 0 spiro atoms.